The van der Waals surface area contributed by atoms with Crippen molar-refractivity contribution in [3.05, 3.63) is 33.8 Å². The van der Waals surface area contributed by atoms with E-state index in [4.69, 9.17) is 23.2 Å². The summed E-state index contributed by atoms with van der Waals surface area (Å²) in [5, 5.41) is 13.2. The van der Waals surface area contributed by atoms with Crippen LogP contribution in [0, 0.1) is 16.7 Å². The minimum absolute atomic E-state index is 0.184. The van der Waals surface area contributed by atoms with Gasteiger partial charge < -0.3 is 5.32 Å². The van der Waals surface area contributed by atoms with Crippen LogP contribution in [0.1, 0.15) is 44.2 Å². The molecule has 3 nitrogen and oxygen atoms in total. The fourth-order valence-electron chi connectivity index (χ4n) is 2.57. The van der Waals surface area contributed by atoms with Crippen molar-refractivity contribution in [3.8, 4) is 6.07 Å². The van der Waals surface area contributed by atoms with Gasteiger partial charge in [0.05, 0.1) is 22.2 Å². The molecule has 1 fully saturated rings. The Labute approximate surface area is 128 Å². The quantitative estimate of drug-likeness (QED) is 0.907. The van der Waals surface area contributed by atoms with Crippen LogP contribution in [0.25, 0.3) is 0 Å². The van der Waals surface area contributed by atoms with E-state index in [9.17, 15) is 10.1 Å². The number of amides is 1. The molecule has 0 spiro atoms. The Morgan fingerprint density at radius 2 is 2.00 bits per heavy atom. The topological polar surface area (TPSA) is 52.9 Å². The van der Waals surface area contributed by atoms with Crippen LogP contribution in [0.2, 0.25) is 10.0 Å². The molecule has 5 heteroatoms. The Morgan fingerprint density at radius 3 is 2.55 bits per heavy atom. The molecule has 1 unspecified atom stereocenters. The lowest BCUT2D eigenvalue weighted by molar-refractivity contribution is -0.128. The van der Waals surface area contributed by atoms with Crippen LogP contribution in [-0.4, -0.2) is 5.91 Å². The van der Waals surface area contributed by atoms with E-state index in [2.05, 4.69) is 11.4 Å². The maximum absolute atomic E-state index is 12.3. The molecule has 1 aromatic carbocycles. The summed E-state index contributed by atoms with van der Waals surface area (Å²) in [6.45, 7) is 1.87. The maximum Gasteiger partial charge on any atom is 0.240 e. The first-order valence-corrected chi connectivity index (χ1v) is 7.41. The first-order valence-electron chi connectivity index (χ1n) is 6.66. The van der Waals surface area contributed by atoms with Gasteiger partial charge >= 0.3 is 0 Å². The van der Waals surface area contributed by atoms with Crippen LogP contribution in [-0.2, 0) is 4.79 Å². The Hall–Kier alpha value is -1.24. The molecule has 1 saturated carbocycles. The zero-order chi connectivity index (χ0) is 14.8. The van der Waals surface area contributed by atoms with Crippen LogP contribution in [0.4, 0.5) is 0 Å². The standard InChI is InChI=1S/C15H16Cl2N2O/c1-10(11-4-5-12(16)13(17)8-11)19-14(20)15(9-18)6-2-3-7-15/h4-5,8,10H,2-3,6-7H2,1H3,(H,19,20). The summed E-state index contributed by atoms with van der Waals surface area (Å²) in [5.41, 5.74) is 0.0173. The molecule has 0 aliphatic heterocycles. The molecule has 0 saturated heterocycles. The Balaban J connectivity index is 2.11. The third kappa shape index (κ3) is 2.92. The van der Waals surface area contributed by atoms with Gasteiger partial charge in [-0.2, -0.15) is 5.26 Å². The van der Waals surface area contributed by atoms with E-state index in [1.54, 1.807) is 12.1 Å². The van der Waals surface area contributed by atoms with Crippen molar-refractivity contribution in [2.24, 2.45) is 5.41 Å². The molecule has 0 heterocycles. The van der Waals surface area contributed by atoms with Crippen molar-refractivity contribution < 1.29 is 4.79 Å². The van der Waals surface area contributed by atoms with Crippen molar-refractivity contribution in [2.75, 3.05) is 0 Å². The smallest absolute Gasteiger partial charge is 0.240 e. The maximum atomic E-state index is 12.3. The molecular formula is C15H16Cl2N2O. The van der Waals surface area contributed by atoms with Gasteiger partial charge in [0, 0.05) is 0 Å². The van der Waals surface area contributed by atoms with Gasteiger partial charge in [0.2, 0.25) is 5.91 Å². The molecule has 0 aromatic heterocycles. The van der Waals surface area contributed by atoms with Crippen molar-refractivity contribution >= 4 is 29.1 Å². The third-order valence-electron chi connectivity index (χ3n) is 3.90. The monoisotopic (exact) mass is 310 g/mol. The highest BCUT2D eigenvalue weighted by atomic mass is 35.5. The predicted octanol–water partition coefficient (Wildman–Crippen LogP) is 4.25. The fraction of sp³-hybridized carbons (Fsp3) is 0.467. The first kappa shape index (κ1) is 15.2. The molecule has 106 valence electrons. The highest BCUT2D eigenvalue weighted by Gasteiger charge is 2.41. The van der Waals surface area contributed by atoms with E-state index in [0.717, 1.165) is 18.4 Å². The van der Waals surface area contributed by atoms with Gasteiger partial charge in [-0.1, -0.05) is 42.1 Å². The summed E-state index contributed by atoms with van der Waals surface area (Å²) < 4.78 is 0. The van der Waals surface area contributed by atoms with Gasteiger partial charge in [-0.25, -0.2) is 0 Å². The van der Waals surface area contributed by atoms with Crippen molar-refractivity contribution in [2.45, 2.75) is 38.6 Å². The van der Waals surface area contributed by atoms with Crippen LogP contribution < -0.4 is 5.32 Å². The number of nitrogens with zero attached hydrogens (tertiary/aromatic N) is 1. The molecule has 1 atom stereocenters. The molecule has 0 bridgehead atoms. The molecule has 1 aromatic rings. The van der Waals surface area contributed by atoms with E-state index in [1.807, 2.05) is 13.0 Å². The molecule has 1 amide bonds. The van der Waals surface area contributed by atoms with Crippen LogP contribution >= 0.6 is 23.2 Å². The number of nitriles is 1. The average molecular weight is 311 g/mol. The second-order valence-corrected chi connectivity index (χ2v) is 6.08. The molecule has 2 rings (SSSR count). The van der Waals surface area contributed by atoms with Crippen LogP contribution in [0.5, 0.6) is 0 Å². The number of halogens is 2. The van der Waals surface area contributed by atoms with E-state index >= 15 is 0 Å². The molecule has 20 heavy (non-hydrogen) atoms. The molecule has 1 N–H and O–H groups in total. The SMILES string of the molecule is CC(NC(=O)C1(C#N)CCCC1)c1ccc(Cl)c(Cl)c1. The van der Waals surface area contributed by atoms with Gasteiger partial charge in [0.25, 0.3) is 0 Å². The second kappa shape index (κ2) is 6.03. The summed E-state index contributed by atoms with van der Waals surface area (Å²) >= 11 is 11.9. The third-order valence-corrected chi connectivity index (χ3v) is 4.64. The molecule has 1 aliphatic carbocycles. The minimum Gasteiger partial charge on any atom is -0.348 e. The number of hydrogen-bond acceptors (Lipinski definition) is 2. The second-order valence-electron chi connectivity index (χ2n) is 5.27. The van der Waals surface area contributed by atoms with Gasteiger partial charge in [0.15, 0.2) is 0 Å². The number of hydrogen-bond donors (Lipinski definition) is 1. The molecular weight excluding hydrogens is 295 g/mol. The number of benzene rings is 1. The predicted molar refractivity (Wildman–Crippen MR) is 79.5 cm³/mol. The van der Waals surface area contributed by atoms with Crippen molar-refractivity contribution in [1.29, 1.82) is 5.26 Å². The van der Waals surface area contributed by atoms with E-state index in [0.29, 0.717) is 22.9 Å². The molecule has 0 radical (unpaired) electrons. The number of rotatable bonds is 3. The normalized spacial score (nSPS) is 18.3. The number of nitrogens with one attached hydrogen (secondary N) is 1. The van der Waals surface area contributed by atoms with Crippen molar-refractivity contribution in [3.63, 3.8) is 0 Å². The van der Waals surface area contributed by atoms with Gasteiger partial charge in [0.1, 0.15) is 5.41 Å². The number of carbonyl (C=O) groups excluding carboxylic acids is 1. The zero-order valence-corrected chi connectivity index (χ0v) is 12.8. The van der Waals surface area contributed by atoms with Gasteiger partial charge in [-0.3, -0.25) is 4.79 Å². The molecule has 1 aliphatic rings. The summed E-state index contributed by atoms with van der Waals surface area (Å²) in [6.07, 6.45) is 3.15. The lowest BCUT2D eigenvalue weighted by Gasteiger charge is -2.23. The Morgan fingerprint density at radius 1 is 1.35 bits per heavy atom. The van der Waals surface area contributed by atoms with E-state index in [-0.39, 0.29) is 11.9 Å². The number of carbonyl (C=O) groups is 1. The van der Waals surface area contributed by atoms with Crippen LogP contribution in [0.3, 0.4) is 0 Å². The highest BCUT2D eigenvalue weighted by molar-refractivity contribution is 6.42. The first-order chi connectivity index (χ1) is 9.48. The zero-order valence-electron chi connectivity index (χ0n) is 11.2. The highest BCUT2D eigenvalue weighted by Crippen LogP contribution is 2.38. The lowest BCUT2D eigenvalue weighted by atomic mass is 9.86. The summed E-state index contributed by atoms with van der Waals surface area (Å²) in [6, 6.07) is 7.26. The average Bonchev–Trinajstić information content (AvgIpc) is 2.91. The van der Waals surface area contributed by atoms with Crippen molar-refractivity contribution in [1.82, 2.24) is 5.32 Å². The van der Waals surface area contributed by atoms with Crippen LogP contribution in [0.15, 0.2) is 18.2 Å². The minimum atomic E-state index is -0.857. The largest absolute Gasteiger partial charge is 0.348 e. The fourth-order valence-corrected chi connectivity index (χ4v) is 2.87. The summed E-state index contributed by atoms with van der Waals surface area (Å²) in [7, 11) is 0. The van der Waals surface area contributed by atoms with E-state index < -0.39 is 5.41 Å². The van der Waals surface area contributed by atoms with Gasteiger partial charge in [-0.15, -0.1) is 0 Å². The Bertz CT molecular complexity index is 559. The lowest BCUT2D eigenvalue weighted by Crippen LogP contribution is -2.39. The van der Waals surface area contributed by atoms with Gasteiger partial charge in [-0.05, 0) is 37.5 Å². The van der Waals surface area contributed by atoms with E-state index in [1.165, 1.54) is 0 Å². The summed E-state index contributed by atoms with van der Waals surface area (Å²) in [5.74, 6) is -0.184. The summed E-state index contributed by atoms with van der Waals surface area (Å²) in [4.78, 5) is 12.3. The Kier molecular flexibility index (Phi) is 4.57.